The largest absolute Gasteiger partial charge is 0.384 e. The van der Waals surface area contributed by atoms with Gasteiger partial charge in [-0.1, -0.05) is 29.7 Å². The lowest BCUT2D eigenvalue weighted by Crippen LogP contribution is -2.24. The molecule has 1 aromatic carbocycles. The van der Waals surface area contributed by atoms with Gasteiger partial charge in [0.25, 0.3) is 0 Å². The highest BCUT2D eigenvalue weighted by atomic mass is 35.5. The van der Waals surface area contributed by atoms with E-state index in [1.54, 1.807) is 0 Å². The van der Waals surface area contributed by atoms with E-state index in [4.69, 9.17) is 22.3 Å². The van der Waals surface area contributed by atoms with Crippen LogP contribution < -0.4 is 11.1 Å². The van der Waals surface area contributed by atoms with E-state index in [0.29, 0.717) is 11.8 Å². The van der Waals surface area contributed by atoms with Crippen LogP contribution in [0.25, 0.3) is 10.9 Å². The Balaban J connectivity index is 1.73. The van der Waals surface area contributed by atoms with Gasteiger partial charge < -0.3 is 11.1 Å². The molecule has 1 aromatic heterocycles. The van der Waals surface area contributed by atoms with Crippen molar-refractivity contribution in [2.75, 3.05) is 18.4 Å². The van der Waals surface area contributed by atoms with Gasteiger partial charge in [-0.25, -0.2) is 0 Å². The van der Waals surface area contributed by atoms with Gasteiger partial charge in [0.15, 0.2) is 0 Å². The van der Waals surface area contributed by atoms with Crippen molar-refractivity contribution in [1.82, 2.24) is 4.98 Å². The summed E-state index contributed by atoms with van der Waals surface area (Å²) < 4.78 is 0. The van der Waals surface area contributed by atoms with Gasteiger partial charge in [-0.2, -0.15) is 0 Å². The Bertz CT molecular complexity index is 843. The monoisotopic (exact) mass is 369 g/mol. The van der Waals surface area contributed by atoms with Crippen molar-refractivity contribution in [2.45, 2.75) is 51.4 Å². The van der Waals surface area contributed by atoms with Crippen molar-refractivity contribution >= 4 is 28.2 Å². The highest BCUT2D eigenvalue weighted by Gasteiger charge is 2.33. The number of nitrogens with one attached hydrogen (secondary N) is 1. The Morgan fingerprint density at radius 2 is 2.12 bits per heavy atom. The Hall–Kier alpha value is -1.58. The SMILES string of the molecule is CC1=C[C@@H]2Cc3nc4cc(Cl)ccc4c(NCCCCCN)c3[C@H](C1)C2. The molecule has 26 heavy (non-hydrogen) atoms. The summed E-state index contributed by atoms with van der Waals surface area (Å²) in [4.78, 5) is 5.03. The lowest BCUT2D eigenvalue weighted by Gasteiger charge is -2.36. The minimum Gasteiger partial charge on any atom is -0.384 e. The van der Waals surface area contributed by atoms with Crippen molar-refractivity contribution < 1.29 is 0 Å². The zero-order valence-electron chi connectivity index (χ0n) is 15.5. The van der Waals surface area contributed by atoms with Gasteiger partial charge in [0.1, 0.15) is 0 Å². The second-order valence-electron chi connectivity index (χ2n) is 7.90. The van der Waals surface area contributed by atoms with Crippen LogP contribution in [0.2, 0.25) is 5.02 Å². The number of nitrogens with zero attached hydrogens (tertiary/aromatic N) is 1. The maximum absolute atomic E-state index is 6.25. The molecule has 2 aliphatic rings. The van der Waals surface area contributed by atoms with Gasteiger partial charge >= 0.3 is 0 Å². The molecule has 2 aromatic rings. The predicted molar refractivity (Wildman–Crippen MR) is 111 cm³/mol. The first-order valence-corrected chi connectivity index (χ1v) is 10.3. The fourth-order valence-corrected chi connectivity index (χ4v) is 4.90. The highest BCUT2D eigenvalue weighted by molar-refractivity contribution is 6.31. The average Bonchev–Trinajstić information content (AvgIpc) is 2.60. The molecule has 0 saturated heterocycles. The van der Waals surface area contributed by atoms with Gasteiger partial charge in [-0.05, 0) is 75.6 Å². The van der Waals surface area contributed by atoms with Crippen LogP contribution in [-0.4, -0.2) is 18.1 Å². The van der Waals surface area contributed by atoms with Crippen LogP contribution in [0.15, 0.2) is 29.8 Å². The molecule has 138 valence electrons. The molecule has 0 saturated carbocycles. The number of allylic oxidation sites excluding steroid dienone is 2. The molecule has 0 fully saturated rings. The second kappa shape index (κ2) is 7.58. The van der Waals surface area contributed by atoms with Crippen LogP contribution in [0, 0.1) is 5.92 Å². The normalized spacial score (nSPS) is 21.4. The number of hydrogen-bond acceptors (Lipinski definition) is 3. The van der Waals surface area contributed by atoms with E-state index in [-0.39, 0.29) is 0 Å². The van der Waals surface area contributed by atoms with E-state index >= 15 is 0 Å². The van der Waals surface area contributed by atoms with Crippen LogP contribution in [0.4, 0.5) is 5.69 Å². The molecule has 2 atom stereocenters. The fourth-order valence-electron chi connectivity index (χ4n) is 4.74. The standard InChI is InChI=1S/C22H28ClN3/c1-14-9-15-11-16(10-14)21-20(12-15)26-19-13-17(23)5-6-18(19)22(21)25-8-4-2-3-7-24/h5-6,9,13,15-16H,2-4,7-8,10-12,24H2,1H3,(H,25,26)/t15-,16+/m0/s1. The van der Waals surface area contributed by atoms with Crippen molar-refractivity contribution in [1.29, 1.82) is 0 Å². The number of benzene rings is 1. The third-order valence-electron chi connectivity index (χ3n) is 5.79. The first-order valence-electron chi connectivity index (χ1n) is 9.89. The second-order valence-corrected chi connectivity index (χ2v) is 8.34. The van der Waals surface area contributed by atoms with E-state index in [9.17, 15) is 0 Å². The number of aromatic nitrogens is 1. The van der Waals surface area contributed by atoms with E-state index in [2.05, 4.69) is 24.4 Å². The number of anilines is 1. The number of fused-ring (bicyclic) bond motifs is 5. The Morgan fingerprint density at radius 1 is 1.23 bits per heavy atom. The number of rotatable bonds is 6. The van der Waals surface area contributed by atoms with E-state index in [1.165, 1.54) is 40.7 Å². The summed E-state index contributed by atoms with van der Waals surface area (Å²) in [5, 5.41) is 5.73. The van der Waals surface area contributed by atoms with Crippen LogP contribution >= 0.6 is 11.6 Å². The van der Waals surface area contributed by atoms with Crippen molar-refractivity contribution in [2.24, 2.45) is 11.7 Å². The molecular formula is C22H28ClN3. The third-order valence-corrected chi connectivity index (χ3v) is 6.02. The summed E-state index contributed by atoms with van der Waals surface area (Å²) >= 11 is 6.25. The molecule has 1 heterocycles. The number of unbranched alkanes of at least 4 members (excludes halogenated alkanes) is 2. The van der Waals surface area contributed by atoms with Gasteiger partial charge in [0.05, 0.1) is 5.52 Å². The minimum atomic E-state index is 0.591. The molecule has 4 heteroatoms. The predicted octanol–water partition coefficient (Wildman–Crippen LogP) is 5.43. The lowest BCUT2D eigenvalue weighted by molar-refractivity contribution is 0.433. The van der Waals surface area contributed by atoms with E-state index in [0.717, 1.165) is 49.3 Å². The molecule has 3 N–H and O–H groups in total. The molecule has 3 nitrogen and oxygen atoms in total. The number of halogens is 1. The van der Waals surface area contributed by atoms with E-state index in [1.807, 2.05) is 12.1 Å². The molecule has 0 aliphatic heterocycles. The maximum atomic E-state index is 6.25. The molecule has 0 radical (unpaired) electrons. The first-order chi connectivity index (χ1) is 12.7. The summed E-state index contributed by atoms with van der Waals surface area (Å²) in [6.07, 6.45) is 9.35. The molecule has 2 aliphatic carbocycles. The highest BCUT2D eigenvalue weighted by Crippen LogP contribution is 2.47. The van der Waals surface area contributed by atoms with Gasteiger partial charge in [-0.15, -0.1) is 0 Å². The van der Waals surface area contributed by atoms with Crippen LogP contribution in [0.5, 0.6) is 0 Å². The Labute approximate surface area is 161 Å². The third kappa shape index (κ3) is 3.47. The van der Waals surface area contributed by atoms with Crippen LogP contribution in [0.1, 0.15) is 56.2 Å². The number of pyridine rings is 1. The van der Waals surface area contributed by atoms with Crippen molar-refractivity contribution in [3.05, 3.63) is 46.1 Å². The summed E-state index contributed by atoms with van der Waals surface area (Å²) in [6.45, 7) is 4.04. The summed E-state index contributed by atoms with van der Waals surface area (Å²) in [5.74, 6) is 1.23. The van der Waals surface area contributed by atoms with Crippen molar-refractivity contribution in [3.63, 3.8) is 0 Å². The molecular weight excluding hydrogens is 342 g/mol. The van der Waals surface area contributed by atoms with Crippen molar-refractivity contribution in [3.8, 4) is 0 Å². The van der Waals surface area contributed by atoms with Crippen LogP contribution in [-0.2, 0) is 6.42 Å². The summed E-state index contributed by atoms with van der Waals surface area (Å²) in [7, 11) is 0. The Morgan fingerprint density at radius 3 is 2.96 bits per heavy atom. The van der Waals surface area contributed by atoms with Gasteiger partial charge in [0, 0.05) is 33.9 Å². The Kier molecular flexibility index (Phi) is 5.19. The maximum Gasteiger partial charge on any atom is 0.0741 e. The van der Waals surface area contributed by atoms with Gasteiger partial charge in [-0.3, -0.25) is 4.98 Å². The summed E-state index contributed by atoms with van der Waals surface area (Å²) in [6, 6.07) is 6.11. The molecule has 0 unspecified atom stereocenters. The topological polar surface area (TPSA) is 50.9 Å². The van der Waals surface area contributed by atoms with Crippen LogP contribution in [0.3, 0.4) is 0 Å². The number of hydrogen-bond donors (Lipinski definition) is 2. The average molecular weight is 370 g/mol. The van der Waals surface area contributed by atoms with E-state index < -0.39 is 0 Å². The fraction of sp³-hybridized carbons (Fsp3) is 0.500. The first kappa shape index (κ1) is 17.8. The molecule has 0 amide bonds. The zero-order valence-corrected chi connectivity index (χ0v) is 16.3. The molecule has 2 bridgehead atoms. The lowest BCUT2D eigenvalue weighted by atomic mass is 9.71. The smallest absolute Gasteiger partial charge is 0.0741 e. The molecule has 0 spiro atoms. The summed E-state index contributed by atoms with van der Waals surface area (Å²) in [5.41, 5.74) is 12.2. The molecule has 4 rings (SSSR count). The quantitative estimate of drug-likeness (QED) is 0.527. The van der Waals surface area contributed by atoms with Gasteiger partial charge in [0.2, 0.25) is 0 Å². The minimum absolute atomic E-state index is 0.591. The zero-order chi connectivity index (χ0) is 18.1. The number of nitrogens with two attached hydrogens (primary N) is 1.